The molecule has 0 bridgehead atoms. The lowest BCUT2D eigenvalue weighted by atomic mass is 9.94. The minimum atomic E-state index is -1.19. The molecule has 1 aromatic heterocycles. The lowest BCUT2D eigenvalue weighted by Gasteiger charge is -2.37. The fraction of sp³-hybridized carbons (Fsp3) is 0.421. The zero-order valence-corrected chi connectivity index (χ0v) is 14.6. The molecule has 1 fully saturated rings. The highest BCUT2D eigenvalue weighted by atomic mass is 16.4. The average molecular weight is 355 g/mol. The summed E-state index contributed by atoms with van der Waals surface area (Å²) >= 11 is 0. The van der Waals surface area contributed by atoms with Gasteiger partial charge in [0.1, 0.15) is 5.56 Å². The number of hydrogen-bond donors (Lipinski definition) is 1. The maximum atomic E-state index is 12.6. The van der Waals surface area contributed by atoms with Gasteiger partial charge in [-0.25, -0.2) is 4.79 Å². The van der Waals surface area contributed by atoms with Crippen molar-refractivity contribution in [3.63, 3.8) is 0 Å². The molecule has 1 amide bonds. The van der Waals surface area contributed by atoms with Crippen molar-refractivity contribution in [1.29, 1.82) is 0 Å². The molecule has 3 heterocycles. The molecule has 0 saturated carbocycles. The molecule has 1 atom stereocenters. The van der Waals surface area contributed by atoms with Gasteiger partial charge in [-0.1, -0.05) is 0 Å². The molecular weight excluding hydrogens is 334 g/mol. The number of carboxylic acids is 1. The van der Waals surface area contributed by atoms with Crippen molar-refractivity contribution in [1.82, 2.24) is 9.47 Å². The number of hydrogen-bond acceptors (Lipinski definition) is 4. The molecule has 1 saturated heterocycles. The van der Waals surface area contributed by atoms with Crippen LogP contribution in [0.2, 0.25) is 0 Å². The van der Waals surface area contributed by atoms with Crippen LogP contribution in [0.4, 0.5) is 5.69 Å². The Morgan fingerprint density at radius 3 is 2.62 bits per heavy atom. The smallest absolute Gasteiger partial charge is 0.341 e. The van der Waals surface area contributed by atoms with Gasteiger partial charge < -0.3 is 19.5 Å². The van der Waals surface area contributed by atoms with Crippen molar-refractivity contribution >= 4 is 29.0 Å². The van der Waals surface area contributed by atoms with Gasteiger partial charge in [-0.15, -0.1) is 0 Å². The molecule has 7 heteroatoms. The standard InChI is InChI=1S/C19H21N3O4/c1-12-2-3-13-16(21-8-6-20(11-23)7-9-21)5-4-14-17(13)22(12)10-15(18(14)24)19(25)26/h4-5,10-12H,2-3,6-9H2,1H3,(H,25,26). The van der Waals surface area contributed by atoms with Gasteiger partial charge in [-0.3, -0.25) is 9.59 Å². The first kappa shape index (κ1) is 16.6. The number of piperazine rings is 1. The van der Waals surface area contributed by atoms with Crippen LogP contribution in [0.5, 0.6) is 0 Å². The van der Waals surface area contributed by atoms with Gasteiger partial charge in [0.25, 0.3) is 0 Å². The zero-order valence-electron chi connectivity index (χ0n) is 14.6. The van der Waals surface area contributed by atoms with Gasteiger partial charge in [0, 0.05) is 49.5 Å². The van der Waals surface area contributed by atoms with E-state index in [0.717, 1.165) is 49.1 Å². The molecule has 0 spiro atoms. The fourth-order valence-corrected chi connectivity index (χ4v) is 4.11. The number of carbonyl (C=O) groups excluding carboxylic acids is 1. The van der Waals surface area contributed by atoms with E-state index in [2.05, 4.69) is 4.90 Å². The van der Waals surface area contributed by atoms with Gasteiger partial charge in [-0.05, 0) is 37.5 Å². The van der Waals surface area contributed by atoms with Crippen molar-refractivity contribution in [2.45, 2.75) is 25.8 Å². The maximum Gasteiger partial charge on any atom is 0.341 e. The Labute approximate surface area is 150 Å². The highest BCUT2D eigenvalue weighted by Crippen LogP contribution is 2.36. The number of amides is 1. The normalized spacial score (nSPS) is 19.7. The highest BCUT2D eigenvalue weighted by molar-refractivity contribution is 5.95. The van der Waals surface area contributed by atoms with E-state index in [9.17, 15) is 19.5 Å². The molecule has 1 unspecified atom stereocenters. The van der Waals surface area contributed by atoms with Crippen molar-refractivity contribution in [3.8, 4) is 0 Å². The summed E-state index contributed by atoms with van der Waals surface area (Å²) in [4.78, 5) is 39.1. The summed E-state index contributed by atoms with van der Waals surface area (Å²) in [5.74, 6) is -1.19. The maximum absolute atomic E-state index is 12.6. The first-order valence-corrected chi connectivity index (χ1v) is 8.89. The SMILES string of the molecule is CC1CCc2c(N3CCN(C=O)CC3)ccc3c(=O)c(C(=O)O)cn1c23. The molecule has 0 radical (unpaired) electrons. The van der Waals surface area contributed by atoms with E-state index in [1.807, 2.05) is 17.6 Å². The molecule has 136 valence electrons. The van der Waals surface area contributed by atoms with Crippen molar-refractivity contribution in [3.05, 3.63) is 39.7 Å². The Balaban J connectivity index is 1.89. The van der Waals surface area contributed by atoms with E-state index in [1.54, 1.807) is 11.0 Å². The number of aromatic carboxylic acids is 1. The number of benzene rings is 1. The molecule has 7 nitrogen and oxygen atoms in total. The first-order chi connectivity index (χ1) is 12.5. The molecule has 2 aromatic rings. The van der Waals surface area contributed by atoms with Gasteiger partial charge >= 0.3 is 5.97 Å². The number of rotatable bonds is 3. The minimum absolute atomic E-state index is 0.144. The number of carbonyl (C=O) groups is 2. The number of anilines is 1. The molecule has 2 aliphatic heterocycles. The van der Waals surface area contributed by atoms with Crippen LogP contribution in [0.1, 0.15) is 35.3 Å². The quantitative estimate of drug-likeness (QED) is 0.844. The average Bonchev–Trinajstić information content (AvgIpc) is 2.65. The van der Waals surface area contributed by atoms with Crippen molar-refractivity contribution in [2.75, 3.05) is 31.1 Å². The number of aryl methyl sites for hydroxylation is 1. The van der Waals surface area contributed by atoms with Crippen LogP contribution in [0.25, 0.3) is 10.9 Å². The van der Waals surface area contributed by atoms with E-state index in [4.69, 9.17) is 0 Å². The van der Waals surface area contributed by atoms with E-state index in [-0.39, 0.29) is 11.6 Å². The molecule has 1 N–H and O–H groups in total. The lowest BCUT2D eigenvalue weighted by Crippen LogP contribution is -2.46. The third-order valence-corrected chi connectivity index (χ3v) is 5.60. The Morgan fingerprint density at radius 1 is 1.23 bits per heavy atom. The Bertz CT molecular complexity index is 957. The number of pyridine rings is 1. The predicted octanol–water partition coefficient (Wildman–Crippen LogP) is 1.49. The Morgan fingerprint density at radius 2 is 1.96 bits per heavy atom. The van der Waals surface area contributed by atoms with Crippen LogP contribution >= 0.6 is 0 Å². The molecule has 0 aliphatic carbocycles. The zero-order chi connectivity index (χ0) is 18.4. The number of carboxylic acid groups (broad SMARTS) is 1. The second-order valence-corrected chi connectivity index (χ2v) is 7.06. The van der Waals surface area contributed by atoms with Gasteiger partial charge in [-0.2, -0.15) is 0 Å². The van der Waals surface area contributed by atoms with Crippen LogP contribution in [-0.4, -0.2) is 53.1 Å². The summed E-state index contributed by atoms with van der Waals surface area (Å²) in [7, 11) is 0. The summed E-state index contributed by atoms with van der Waals surface area (Å²) in [6.07, 6.45) is 4.13. The highest BCUT2D eigenvalue weighted by Gasteiger charge is 2.27. The van der Waals surface area contributed by atoms with E-state index < -0.39 is 11.4 Å². The monoisotopic (exact) mass is 355 g/mol. The summed E-state index contributed by atoms with van der Waals surface area (Å²) in [5, 5.41) is 9.84. The van der Waals surface area contributed by atoms with Crippen molar-refractivity contribution in [2.24, 2.45) is 0 Å². The molecule has 4 rings (SSSR count). The van der Waals surface area contributed by atoms with Crippen LogP contribution < -0.4 is 10.3 Å². The summed E-state index contributed by atoms with van der Waals surface area (Å²) < 4.78 is 1.95. The lowest BCUT2D eigenvalue weighted by molar-refractivity contribution is -0.118. The molecule has 2 aliphatic rings. The largest absolute Gasteiger partial charge is 0.477 e. The van der Waals surface area contributed by atoms with Gasteiger partial charge in [0.05, 0.1) is 5.52 Å². The van der Waals surface area contributed by atoms with Gasteiger partial charge in [0.2, 0.25) is 11.8 Å². The van der Waals surface area contributed by atoms with Crippen LogP contribution in [0.3, 0.4) is 0 Å². The number of nitrogens with zero attached hydrogens (tertiary/aromatic N) is 3. The predicted molar refractivity (Wildman–Crippen MR) is 98.0 cm³/mol. The molecular formula is C19H21N3O4. The summed E-state index contributed by atoms with van der Waals surface area (Å²) in [6, 6.07) is 3.83. The van der Waals surface area contributed by atoms with Crippen LogP contribution in [0.15, 0.2) is 23.1 Å². The minimum Gasteiger partial charge on any atom is -0.477 e. The van der Waals surface area contributed by atoms with E-state index in [0.29, 0.717) is 18.5 Å². The van der Waals surface area contributed by atoms with Crippen LogP contribution in [-0.2, 0) is 11.2 Å². The summed E-state index contributed by atoms with van der Waals surface area (Å²) in [5.41, 5.74) is 2.45. The number of aromatic nitrogens is 1. The third-order valence-electron chi connectivity index (χ3n) is 5.60. The van der Waals surface area contributed by atoms with E-state index in [1.165, 1.54) is 6.20 Å². The first-order valence-electron chi connectivity index (χ1n) is 8.89. The second-order valence-electron chi connectivity index (χ2n) is 7.06. The van der Waals surface area contributed by atoms with E-state index >= 15 is 0 Å². The molecule has 1 aromatic carbocycles. The Kier molecular flexibility index (Phi) is 3.94. The van der Waals surface area contributed by atoms with Gasteiger partial charge in [0.15, 0.2) is 0 Å². The molecule has 26 heavy (non-hydrogen) atoms. The third kappa shape index (κ3) is 2.46. The van der Waals surface area contributed by atoms with Crippen LogP contribution in [0, 0.1) is 0 Å². The summed E-state index contributed by atoms with van der Waals surface area (Å²) in [6.45, 7) is 4.92. The Hall–Kier alpha value is -2.83. The second kappa shape index (κ2) is 6.16. The fourth-order valence-electron chi connectivity index (χ4n) is 4.11. The van der Waals surface area contributed by atoms with Crippen molar-refractivity contribution < 1.29 is 14.7 Å². The topological polar surface area (TPSA) is 82.8 Å².